The summed E-state index contributed by atoms with van der Waals surface area (Å²) in [7, 11) is 0. The molecule has 0 bridgehead atoms. The molecule has 0 amide bonds. The van der Waals surface area contributed by atoms with Crippen LogP contribution in [-0.4, -0.2) is 25.6 Å². The summed E-state index contributed by atoms with van der Waals surface area (Å²) in [5.41, 5.74) is 8.78. The third kappa shape index (κ3) is 4.58. The van der Waals surface area contributed by atoms with Crippen LogP contribution in [0.4, 0.5) is 0 Å². The van der Waals surface area contributed by atoms with Crippen molar-refractivity contribution in [3.63, 3.8) is 0 Å². The lowest BCUT2D eigenvalue weighted by molar-refractivity contribution is 0.270. The SMILES string of the molecule is C1=CC2Oc3ccccc3C2C(n2c3ccccc3c3cc4ccccc4cc32)=C1c1nc(-c2ccccc2)nc(-c2ccc3c(c2)oc2ccccc23)n1. The summed E-state index contributed by atoms with van der Waals surface area (Å²) in [6.45, 7) is 0. The fourth-order valence-electron chi connectivity index (χ4n) is 8.70. The number of ether oxygens (including phenoxy) is 1. The second-order valence-corrected chi connectivity index (χ2v) is 14.3. The van der Waals surface area contributed by atoms with Gasteiger partial charge in [0.1, 0.15) is 23.0 Å². The molecule has 2 unspecified atom stereocenters. The van der Waals surface area contributed by atoms with Gasteiger partial charge in [-0.1, -0.05) is 115 Å². The molecular formula is C49H30N4O2. The number of nitrogens with zero attached hydrogens (tertiary/aromatic N) is 4. The van der Waals surface area contributed by atoms with Gasteiger partial charge in [-0.2, -0.15) is 0 Å². The first-order valence-electron chi connectivity index (χ1n) is 18.6. The van der Waals surface area contributed by atoms with Gasteiger partial charge in [-0.3, -0.25) is 0 Å². The van der Waals surface area contributed by atoms with Gasteiger partial charge < -0.3 is 13.7 Å². The van der Waals surface area contributed by atoms with E-state index in [1.165, 1.54) is 21.5 Å². The molecule has 4 heterocycles. The molecule has 0 spiro atoms. The summed E-state index contributed by atoms with van der Waals surface area (Å²) >= 11 is 0. The summed E-state index contributed by atoms with van der Waals surface area (Å²) in [4.78, 5) is 15.7. The van der Waals surface area contributed by atoms with Crippen molar-refractivity contribution >= 4 is 65.8 Å². The van der Waals surface area contributed by atoms with E-state index in [1.807, 2.05) is 60.7 Å². The van der Waals surface area contributed by atoms with Crippen LogP contribution in [0.1, 0.15) is 17.3 Å². The van der Waals surface area contributed by atoms with Crippen molar-refractivity contribution in [2.24, 2.45) is 0 Å². The van der Waals surface area contributed by atoms with Crippen molar-refractivity contribution in [2.75, 3.05) is 0 Å². The molecule has 0 radical (unpaired) electrons. The van der Waals surface area contributed by atoms with Crippen LogP contribution in [0, 0.1) is 0 Å². The highest BCUT2D eigenvalue weighted by atomic mass is 16.5. The van der Waals surface area contributed by atoms with Gasteiger partial charge in [0, 0.05) is 49.5 Å². The van der Waals surface area contributed by atoms with Gasteiger partial charge in [0.25, 0.3) is 0 Å². The Bertz CT molecular complexity index is 3260. The van der Waals surface area contributed by atoms with Crippen molar-refractivity contribution in [2.45, 2.75) is 12.0 Å². The van der Waals surface area contributed by atoms with E-state index < -0.39 is 0 Å². The molecule has 6 heteroatoms. The Morgan fingerprint density at radius 3 is 2.07 bits per heavy atom. The molecule has 2 aliphatic rings. The quantitative estimate of drug-likeness (QED) is 0.182. The number of fused-ring (bicyclic) bond motifs is 10. The Labute approximate surface area is 315 Å². The first kappa shape index (κ1) is 30.2. The largest absolute Gasteiger partial charge is 0.485 e. The summed E-state index contributed by atoms with van der Waals surface area (Å²) in [5.74, 6) is 2.55. The Hall–Kier alpha value is -7.31. The third-order valence-electron chi connectivity index (χ3n) is 11.2. The van der Waals surface area contributed by atoms with Crippen molar-refractivity contribution in [1.82, 2.24) is 19.5 Å². The van der Waals surface area contributed by atoms with Crippen molar-refractivity contribution in [3.8, 4) is 28.5 Å². The summed E-state index contributed by atoms with van der Waals surface area (Å²) < 4.78 is 15.4. The second kappa shape index (κ2) is 11.6. The molecule has 3 aromatic heterocycles. The van der Waals surface area contributed by atoms with Gasteiger partial charge in [0.2, 0.25) is 0 Å². The van der Waals surface area contributed by atoms with E-state index in [9.17, 15) is 0 Å². The molecule has 2 atom stereocenters. The minimum absolute atomic E-state index is 0.117. The molecule has 1 aliphatic carbocycles. The maximum Gasteiger partial charge on any atom is 0.165 e. The zero-order valence-corrected chi connectivity index (χ0v) is 29.4. The Morgan fingerprint density at radius 2 is 1.18 bits per heavy atom. The first-order chi connectivity index (χ1) is 27.2. The van der Waals surface area contributed by atoms with Crippen LogP contribution in [-0.2, 0) is 0 Å². The molecule has 55 heavy (non-hydrogen) atoms. The zero-order valence-electron chi connectivity index (χ0n) is 29.4. The van der Waals surface area contributed by atoms with Gasteiger partial charge in [0.15, 0.2) is 17.5 Å². The fraction of sp³-hybridized carbons (Fsp3) is 0.0408. The molecular weight excluding hydrogens is 677 g/mol. The van der Waals surface area contributed by atoms with Crippen molar-refractivity contribution in [1.29, 1.82) is 0 Å². The van der Waals surface area contributed by atoms with Crippen molar-refractivity contribution in [3.05, 3.63) is 181 Å². The van der Waals surface area contributed by atoms with E-state index in [1.54, 1.807) is 0 Å². The van der Waals surface area contributed by atoms with E-state index in [-0.39, 0.29) is 12.0 Å². The Balaban J connectivity index is 1.17. The van der Waals surface area contributed by atoms with Crippen molar-refractivity contribution < 1.29 is 9.15 Å². The highest BCUT2D eigenvalue weighted by molar-refractivity contribution is 6.16. The Kier molecular flexibility index (Phi) is 6.36. The van der Waals surface area contributed by atoms with Crippen LogP contribution in [0.2, 0.25) is 0 Å². The topological polar surface area (TPSA) is 66.0 Å². The number of allylic oxidation sites excluding steroid dienone is 2. The maximum absolute atomic E-state index is 6.67. The molecule has 258 valence electrons. The average Bonchev–Trinajstić information content (AvgIpc) is 3.92. The zero-order chi connectivity index (χ0) is 36.0. The number of aromatic nitrogens is 4. The average molecular weight is 707 g/mol. The van der Waals surface area contributed by atoms with E-state index >= 15 is 0 Å². The normalized spacial score (nSPS) is 16.4. The molecule has 0 saturated heterocycles. The minimum atomic E-state index is -0.196. The number of furan rings is 1. The standard InChI is InChI=1S/C49H30N4O2/c1-2-12-29(13-3-1)47-50-48(32-22-23-35-34-17-7-10-20-41(34)55-44(35)28-32)52-49(51-47)37-24-25-43-45(36-18-8-11-21-42(36)54-43)46(37)53-39-19-9-6-16-33(39)38-26-30-14-4-5-15-31(30)27-40(38)53/h1-28,43,45H. The lowest BCUT2D eigenvalue weighted by Crippen LogP contribution is -2.24. The van der Waals surface area contributed by atoms with Gasteiger partial charge >= 0.3 is 0 Å². The predicted molar refractivity (Wildman–Crippen MR) is 221 cm³/mol. The number of rotatable bonds is 4. The first-order valence-corrected chi connectivity index (χ1v) is 18.6. The second-order valence-electron chi connectivity index (χ2n) is 14.3. The minimum Gasteiger partial charge on any atom is -0.485 e. The monoisotopic (exact) mass is 706 g/mol. The molecule has 1 aliphatic heterocycles. The predicted octanol–water partition coefficient (Wildman–Crippen LogP) is 11.8. The molecule has 12 rings (SSSR count). The van der Waals surface area contributed by atoms with E-state index in [0.717, 1.165) is 66.7 Å². The van der Waals surface area contributed by atoms with Crippen LogP contribution in [0.3, 0.4) is 0 Å². The number of benzene rings is 7. The summed E-state index contributed by atoms with van der Waals surface area (Å²) in [6, 6.07) is 54.8. The molecule has 7 aromatic carbocycles. The molecule has 0 N–H and O–H groups in total. The van der Waals surface area contributed by atoms with E-state index in [4.69, 9.17) is 24.1 Å². The molecule has 10 aromatic rings. The Morgan fingerprint density at radius 1 is 0.491 bits per heavy atom. The van der Waals surface area contributed by atoms with E-state index in [0.29, 0.717) is 17.5 Å². The smallest absolute Gasteiger partial charge is 0.165 e. The lowest BCUT2D eigenvalue weighted by Gasteiger charge is -2.28. The summed E-state index contributed by atoms with van der Waals surface area (Å²) in [6.07, 6.45) is 4.12. The number of hydrogen-bond donors (Lipinski definition) is 0. The summed E-state index contributed by atoms with van der Waals surface area (Å²) in [5, 5.41) is 6.91. The molecule has 0 fully saturated rings. The van der Waals surface area contributed by atoms with Gasteiger partial charge in [-0.15, -0.1) is 0 Å². The van der Waals surface area contributed by atoms with Gasteiger partial charge in [0.05, 0.1) is 17.0 Å². The van der Waals surface area contributed by atoms with Gasteiger partial charge in [-0.25, -0.2) is 15.0 Å². The highest BCUT2D eigenvalue weighted by Gasteiger charge is 2.41. The van der Waals surface area contributed by atoms with Crippen LogP contribution in [0.5, 0.6) is 5.75 Å². The van der Waals surface area contributed by atoms with Crippen LogP contribution >= 0.6 is 0 Å². The van der Waals surface area contributed by atoms with E-state index in [2.05, 4.69) is 114 Å². The fourth-order valence-corrected chi connectivity index (χ4v) is 8.70. The number of hydrogen-bond acceptors (Lipinski definition) is 5. The maximum atomic E-state index is 6.67. The highest BCUT2D eigenvalue weighted by Crippen LogP contribution is 2.51. The lowest BCUT2D eigenvalue weighted by atomic mass is 9.85. The third-order valence-corrected chi connectivity index (χ3v) is 11.2. The van der Waals surface area contributed by atoms with Crippen LogP contribution < -0.4 is 4.74 Å². The molecule has 6 nitrogen and oxygen atoms in total. The van der Waals surface area contributed by atoms with Crippen LogP contribution in [0.25, 0.3) is 88.6 Å². The van der Waals surface area contributed by atoms with Crippen LogP contribution in [0.15, 0.2) is 174 Å². The number of para-hydroxylation sites is 3. The van der Waals surface area contributed by atoms with Gasteiger partial charge in [-0.05, 0) is 65.4 Å². The molecule has 0 saturated carbocycles.